The molecule has 5 nitrogen and oxygen atoms in total. The van der Waals surface area contributed by atoms with E-state index in [-0.39, 0.29) is 22.8 Å². The van der Waals surface area contributed by atoms with Gasteiger partial charge in [-0.2, -0.15) is 0 Å². The second-order valence-electron chi connectivity index (χ2n) is 10.0. The number of aromatic nitrogens is 1. The number of ketones is 1. The highest BCUT2D eigenvalue weighted by molar-refractivity contribution is 7.98. The Morgan fingerprint density at radius 2 is 1.78 bits per heavy atom. The Morgan fingerprint density at radius 3 is 2.42 bits per heavy atom. The van der Waals surface area contributed by atoms with Crippen LogP contribution in [0.4, 0.5) is 5.69 Å². The number of thioether (sulfide) groups is 1. The van der Waals surface area contributed by atoms with Crippen molar-refractivity contribution >= 4 is 34.8 Å². The van der Waals surface area contributed by atoms with Gasteiger partial charge in [-0.15, -0.1) is 11.8 Å². The Morgan fingerprint density at radius 1 is 1.06 bits per heavy atom. The monoisotopic (exact) mass is 495 g/mol. The van der Waals surface area contributed by atoms with Gasteiger partial charge in [0.05, 0.1) is 11.9 Å². The summed E-state index contributed by atoms with van der Waals surface area (Å²) < 4.78 is 0. The van der Waals surface area contributed by atoms with E-state index in [1.165, 1.54) is 0 Å². The van der Waals surface area contributed by atoms with E-state index in [1.807, 2.05) is 77.9 Å². The molecule has 2 aromatic carbocycles. The standard InChI is InChI=1S/C30H29N3O2S/c1-30(2)16-23-26(24(34)17-30)25(19-11-13-22(36-3)14-12-19)27(28(35)20-8-5-4-6-9-20)29(31)33(23)21-10-7-15-32-18-21/h4-15,18,25,31,35H,16-17H2,1-3H3/b28-27+,31-29?. The Bertz CT molecular complexity index is 1380. The van der Waals surface area contributed by atoms with Crippen molar-refractivity contribution in [3.05, 3.63) is 107 Å². The van der Waals surface area contributed by atoms with Crippen molar-refractivity contribution in [3.8, 4) is 0 Å². The molecule has 3 aromatic rings. The van der Waals surface area contributed by atoms with Crippen LogP contribution in [0.25, 0.3) is 5.76 Å². The number of nitrogens with one attached hydrogen (secondary N) is 1. The Kier molecular flexibility index (Phi) is 6.31. The van der Waals surface area contributed by atoms with Crippen molar-refractivity contribution in [1.29, 1.82) is 5.41 Å². The number of nitrogens with zero attached hydrogens (tertiary/aromatic N) is 2. The molecular weight excluding hydrogens is 466 g/mol. The van der Waals surface area contributed by atoms with Crippen LogP contribution < -0.4 is 4.90 Å². The molecule has 2 aliphatic rings. The molecule has 6 heteroatoms. The van der Waals surface area contributed by atoms with Gasteiger partial charge in [0.25, 0.3) is 0 Å². The summed E-state index contributed by atoms with van der Waals surface area (Å²) >= 11 is 1.65. The topological polar surface area (TPSA) is 77.3 Å². The smallest absolute Gasteiger partial charge is 0.162 e. The summed E-state index contributed by atoms with van der Waals surface area (Å²) in [6.07, 6.45) is 6.48. The highest BCUT2D eigenvalue weighted by Gasteiger charge is 2.46. The van der Waals surface area contributed by atoms with Crippen molar-refractivity contribution in [2.45, 2.75) is 37.5 Å². The zero-order valence-corrected chi connectivity index (χ0v) is 21.5. The van der Waals surface area contributed by atoms with Crippen LogP contribution in [0.3, 0.4) is 0 Å². The van der Waals surface area contributed by atoms with Gasteiger partial charge in [0, 0.05) is 45.8 Å². The number of allylic oxidation sites excluding steroid dienone is 2. The number of rotatable bonds is 4. The average Bonchev–Trinajstić information content (AvgIpc) is 2.88. The molecule has 0 spiro atoms. The van der Waals surface area contributed by atoms with E-state index in [4.69, 9.17) is 0 Å². The Labute approximate surface area is 216 Å². The summed E-state index contributed by atoms with van der Waals surface area (Å²) in [6, 6.07) is 21.1. The number of aliphatic hydroxyl groups excluding tert-OH is 1. The first kappa shape index (κ1) is 24.1. The lowest BCUT2D eigenvalue weighted by atomic mass is 9.67. The van der Waals surface area contributed by atoms with Crippen molar-refractivity contribution in [2.24, 2.45) is 5.41 Å². The van der Waals surface area contributed by atoms with Crippen LogP contribution in [0.5, 0.6) is 0 Å². The van der Waals surface area contributed by atoms with E-state index in [1.54, 1.807) is 24.2 Å². The number of carbonyl (C=O) groups excluding carboxylic acids is 1. The average molecular weight is 496 g/mol. The van der Waals surface area contributed by atoms with Crippen LogP contribution >= 0.6 is 11.8 Å². The van der Waals surface area contributed by atoms with E-state index < -0.39 is 5.92 Å². The van der Waals surface area contributed by atoms with Gasteiger partial charge >= 0.3 is 0 Å². The number of anilines is 1. The third kappa shape index (κ3) is 4.26. The quantitative estimate of drug-likeness (QED) is 0.301. The zero-order valence-electron chi connectivity index (χ0n) is 20.7. The molecule has 1 aromatic heterocycles. The van der Waals surface area contributed by atoms with E-state index in [2.05, 4.69) is 18.8 Å². The molecule has 1 aliphatic heterocycles. The summed E-state index contributed by atoms with van der Waals surface area (Å²) in [4.78, 5) is 21.1. The normalized spacial score (nSPS) is 20.9. The predicted octanol–water partition coefficient (Wildman–Crippen LogP) is 7.00. The van der Waals surface area contributed by atoms with Crippen molar-refractivity contribution in [2.75, 3.05) is 11.2 Å². The van der Waals surface area contributed by atoms with Crippen molar-refractivity contribution in [3.63, 3.8) is 0 Å². The number of Topliss-reactive ketones (excluding diaryl/α,β-unsaturated/α-hetero) is 1. The molecule has 1 atom stereocenters. The van der Waals surface area contributed by atoms with E-state index in [0.717, 1.165) is 16.2 Å². The molecule has 0 saturated heterocycles. The van der Waals surface area contributed by atoms with Gasteiger partial charge < -0.3 is 5.11 Å². The number of benzene rings is 2. The number of amidine groups is 1. The lowest BCUT2D eigenvalue weighted by Crippen LogP contribution is -2.45. The maximum atomic E-state index is 13.9. The fraction of sp³-hybridized carbons (Fsp3) is 0.233. The molecule has 182 valence electrons. The minimum atomic E-state index is -0.542. The first-order valence-electron chi connectivity index (χ1n) is 12.0. The molecule has 0 amide bonds. The highest BCUT2D eigenvalue weighted by atomic mass is 32.2. The number of carbonyl (C=O) groups is 1. The molecule has 2 heterocycles. The SMILES string of the molecule is CSc1ccc(C2C3=C(CC(C)(C)CC3=O)N(c3cccnc3)C(=N)/C2=C(/O)c2ccccc2)cc1. The molecule has 1 aliphatic carbocycles. The number of aliphatic hydroxyl groups is 1. The minimum absolute atomic E-state index is 0.0117. The van der Waals surface area contributed by atoms with Crippen LogP contribution in [0.15, 0.2) is 101 Å². The van der Waals surface area contributed by atoms with Crippen LogP contribution in [-0.2, 0) is 4.79 Å². The molecule has 0 fully saturated rings. The van der Waals surface area contributed by atoms with E-state index in [9.17, 15) is 15.3 Å². The first-order valence-corrected chi connectivity index (χ1v) is 13.2. The van der Waals surface area contributed by atoms with Crippen LogP contribution in [0, 0.1) is 10.8 Å². The van der Waals surface area contributed by atoms with Gasteiger partial charge in [-0.3, -0.25) is 20.1 Å². The second-order valence-corrected chi connectivity index (χ2v) is 10.9. The fourth-order valence-corrected chi connectivity index (χ4v) is 5.67. The van der Waals surface area contributed by atoms with E-state index in [0.29, 0.717) is 35.2 Å². The van der Waals surface area contributed by atoms with Gasteiger partial charge in [-0.1, -0.05) is 56.3 Å². The fourth-order valence-electron chi connectivity index (χ4n) is 5.27. The van der Waals surface area contributed by atoms with Gasteiger partial charge in [0.1, 0.15) is 11.6 Å². The molecular formula is C30H29N3O2S. The second kappa shape index (κ2) is 9.43. The van der Waals surface area contributed by atoms with Gasteiger partial charge in [0.2, 0.25) is 0 Å². The Balaban J connectivity index is 1.84. The zero-order chi connectivity index (χ0) is 25.4. The van der Waals surface area contributed by atoms with Crippen LogP contribution in [0.1, 0.15) is 43.7 Å². The van der Waals surface area contributed by atoms with Crippen molar-refractivity contribution < 1.29 is 9.90 Å². The molecule has 1 unspecified atom stereocenters. The van der Waals surface area contributed by atoms with Crippen LogP contribution in [0.2, 0.25) is 0 Å². The third-order valence-corrected chi connectivity index (χ3v) is 7.62. The summed E-state index contributed by atoms with van der Waals surface area (Å²) in [6.45, 7) is 4.18. The molecule has 0 saturated carbocycles. The lowest BCUT2D eigenvalue weighted by molar-refractivity contribution is -0.118. The van der Waals surface area contributed by atoms with Gasteiger partial charge in [-0.05, 0) is 47.9 Å². The van der Waals surface area contributed by atoms with Gasteiger partial charge in [0.15, 0.2) is 5.78 Å². The molecule has 0 radical (unpaired) electrons. The van der Waals surface area contributed by atoms with Crippen molar-refractivity contribution in [1.82, 2.24) is 4.98 Å². The predicted molar refractivity (Wildman–Crippen MR) is 146 cm³/mol. The molecule has 0 bridgehead atoms. The summed E-state index contributed by atoms with van der Waals surface area (Å²) in [7, 11) is 0. The first-order chi connectivity index (χ1) is 17.3. The Hall–Kier alpha value is -3.64. The summed E-state index contributed by atoms with van der Waals surface area (Å²) in [5.74, 6) is -0.315. The number of hydrogen-bond acceptors (Lipinski definition) is 5. The molecule has 36 heavy (non-hydrogen) atoms. The van der Waals surface area contributed by atoms with Gasteiger partial charge in [-0.25, -0.2) is 0 Å². The number of hydrogen-bond donors (Lipinski definition) is 2. The largest absolute Gasteiger partial charge is 0.507 e. The summed E-state index contributed by atoms with van der Waals surface area (Å²) in [5.41, 5.74) is 3.86. The maximum absolute atomic E-state index is 13.9. The molecule has 2 N–H and O–H groups in total. The summed E-state index contributed by atoms with van der Waals surface area (Å²) in [5, 5.41) is 21.1. The lowest BCUT2D eigenvalue weighted by Gasteiger charge is -2.45. The minimum Gasteiger partial charge on any atom is -0.507 e. The third-order valence-electron chi connectivity index (χ3n) is 6.88. The van der Waals surface area contributed by atoms with Crippen LogP contribution in [-0.4, -0.2) is 28.0 Å². The molecule has 5 rings (SSSR count). The number of pyridine rings is 1. The maximum Gasteiger partial charge on any atom is 0.162 e. The highest BCUT2D eigenvalue weighted by Crippen LogP contribution is 2.51. The van der Waals surface area contributed by atoms with E-state index >= 15 is 0 Å².